The third-order valence-corrected chi connectivity index (χ3v) is 5.47. The summed E-state index contributed by atoms with van der Waals surface area (Å²) in [6.07, 6.45) is -1.21. The fourth-order valence-corrected chi connectivity index (χ4v) is 4.04. The van der Waals surface area contributed by atoms with Crippen molar-refractivity contribution in [1.29, 1.82) is 5.41 Å². The predicted octanol–water partition coefficient (Wildman–Crippen LogP) is 4.89. The average Bonchev–Trinajstić information content (AvgIpc) is 3.22. The van der Waals surface area contributed by atoms with Crippen molar-refractivity contribution >= 4 is 34.7 Å². The van der Waals surface area contributed by atoms with Crippen LogP contribution in [0, 0.1) is 19.3 Å². The molecule has 1 N–H and O–H groups in total. The van der Waals surface area contributed by atoms with Gasteiger partial charge in [0.15, 0.2) is 5.17 Å². The molecule has 0 aliphatic carbocycles. The van der Waals surface area contributed by atoms with E-state index in [4.69, 9.17) is 5.41 Å². The van der Waals surface area contributed by atoms with Crippen LogP contribution in [0.5, 0.6) is 0 Å². The lowest BCUT2D eigenvalue weighted by Gasteiger charge is -2.22. The van der Waals surface area contributed by atoms with Crippen molar-refractivity contribution < 1.29 is 18.0 Å². The van der Waals surface area contributed by atoms with Gasteiger partial charge < -0.3 is 4.57 Å². The van der Waals surface area contributed by atoms with E-state index < -0.39 is 17.6 Å². The van der Waals surface area contributed by atoms with E-state index in [-0.39, 0.29) is 11.4 Å². The third-order valence-electron chi connectivity index (χ3n) is 4.71. The summed E-state index contributed by atoms with van der Waals surface area (Å²) in [5, 5.41) is 10.5. The van der Waals surface area contributed by atoms with E-state index in [1.54, 1.807) is 48.2 Å². The molecule has 1 amide bonds. The number of amidine groups is 2. The Morgan fingerprint density at radius 2 is 1.97 bits per heavy atom. The Morgan fingerprint density at radius 1 is 1.21 bits per heavy atom. The second kappa shape index (κ2) is 6.77. The lowest BCUT2D eigenvalue weighted by atomic mass is 10.1. The average molecular weight is 416 g/mol. The van der Waals surface area contributed by atoms with E-state index in [0.29, 0.717) is 27.8 Å². The molecule has 1 aromatic carbocycles. The van der Waals surface area contributed by atoms with E-state index in [2.05, 4.69) is 4.99 Å². The van der Waals surface area contributed by atoms with Crippen LogP contribution < -0.4 is 0 Å². The smallest absolute Gasteiger partial charge is 0.318 e. The standard InChI is InChI=1S/C20H15F3N4OS/c1-11-8-13(9-16-17(24)26-6-7-29-19(26)25-18(16)28)12(2)27(11)15-5-3-4-14(10-15)20(21,22)23/h3-10,24H,1-2H3/b16-9-,24-17?. The van der Waals surface area contributed by atoms with Crippen molar-refractivity contribution in [2.45, 2.75) is 20.0 Å². The minimum absolute atomic E-state index is 0.0186. The number of thioether (sulfide) groups is 1. The Kier molecular flexibility index (Phi) is 4.49. The summed E-state index contributed by atoms with van der Waals surface area (Å²) in [5.41, 5.74) is 1.79. The van der Waals surface area contributed by atoms with Gasteiger partial charge in [-0.2, -0.15) is 18.2 Å². The number of benzene rings is 1. The number of hydrogen-bond acceptors (Lipinski definition) is 3. The first-order valence-corrected chi connectivity index (χ1v) is 9.47. The van der Waals surface area contributed by atoms with Gasteiger partial charge in [-0.3, -0.25) is 15.1 Å². The van der Waals surface area contributed by atoms with Crippen molar-refractivity contribution in [3.8, 4) is 5.69 Å². The number of rotatable bonds is 2. The summed E-state index contributed by atoms with van der Waals surface area (Å²) >= 11 is 1.26. The van der Waals surface area contributed by atoms with E-state index in [9.17, 15) is 18.0 Å². The molecule has 3 heterocycles. The van der Waals surface area contributed by atoms with Crippen LogP contribution in [0.1, 0.15) is 22.5 Å². The quantitative estimate of drug-likeness (QED) is 0.709. The third kappa shape index (κ3) is 3.31. The summed E-state index contributed by atoms with van der Waals surface area (Å²) in [6.45, 7) is 3.54. The van der Waals surface area contributed by atoms with Gasteiger partial charge in [0.1, 0.15) is 5.84 Å². The molecule has 2 aliphatic heterocycles. The van der Waals surface area contributed by atoms with Crippen LogP contribution in [0.15, 0.2) is 52.5 Å². The van der Waals surface area contributed by atoms with Gasteiger partial charge >= 0.3 is 6.18 Å². The van der Waals surface area contributed by atoms with Crippen LogP contribution in [0.3, 0.4) is 0 Å². The van der Waals surface area contributed by atoms with Gasteiger partial charge in [-0.15, -0.1) is 0 Å². The Morgan fingerprint density at radius 3 is 2.69 bits per heavy atom. The lowest BCUT2D eigenvalue weighted by Crippen LogP contribution is -2.35. The number of halogens is 3. The predicted molar refractivity (Wildman–Crippen MR) is 107 cm³/mol. The number of carbonyl (C=O) groups is 1. The summed E-state index contributed by atoms with van der Waals surface area (Å²) in [7, 11) is 0. The number of aryl methyl sites for hydroxylation is 1. The maximum Gasteiger partial charge on any atom is 0.416 e. The number of alkyl halides is 3. The number of nitrogens with one attached hydrogen (secondary N) is 1. The molecular weight excluding hydrogens is 401 g/mol. The molecule has 0 radical (unpaired) electrons. The highest BCUT2D eigenvalue weighted by atomic mass is 32.2. The topological polar surface area (TPSA) is 61.5 Å². The Hall–Kier alpha value is -3.07. The van der Waals surface area contributed by atoms with Crippen LogP contribution in [0.4, 0.5) is 13.2 Å². The number of aromatic nitrogens is 1. The zero-order valence-electron chi connectivity index (χ0n) is 15.4. The molecule has 0 atom stereocenters. The molecular formula is C20H15F3N4OS. The lowest BCUT2D eigenvalue weighted by molar-refractivity contribution is -0.137. The number of fused-ring (bicyclic) bond motifs is 1. The number of nitrogens with zero attached hydrogens (tertiary/aromatic N) is 3. The van der Waals surface area contributed by atoms with Gasteiger partial charge in [-0.05, 0) is 55.2 Å². The van der Waals surface area contributed by atoms with Gasteiger partial charge in [0.25, 0.3) is 5.91 Å². The van der Waals surface area contributed by atoms with Crippen LogP contribution in [-0.2, 0) is 11.0 Å². The largest absolute Gasteiger partial charge is 0.416 e. The van der Waals surface area contributed by atoms with Gasteiger partial charge in [0.05, 0.1) is 11.1 Å². The highest BCUT2D eigenvalue weighted by Crippen LogP contribution is 2.32. The fourth-order valence-electron chi connectivity index (χ4n) is 3.34. The molecule has 0 saturated carbocycles. The Bertz CT molecular complexity index is 1140. The minimum atomic E-state index is -4.43. The normalized spacial score (nSPS) is 17.9. The van der Waals surface area contributed by atoms with Gasteiger partial charge in [0.2, 0.25) is 0 Å². The van der Waals surface area contributed by atoms with Crippen molar-refractivity contribution in [3.63, 3.8) is 0 Å². The van der Waals surface area contributed by atoms with Crippen LogP contribution >= 0.6 is 11.8 Å². The van der Waals surface area contributed by atoms with E-state index in [1.165, 1.54) is 22.7 Å². The maximum absolute atomic E-state index is 13.1. The summed E-state index contributed by atoms with van der Waals surface area (Å²) in [5.74, 6) is -0.494. The summed E-state index contributed by atoms with van der Waals surface area (Å²) < 4.78 is 41.0. The second-order valence-corrected chi connectivity index (χ2v) is 7.46. The van der Waals surface area contributed by atoms with Crippen LogP contribution in [0.2, 0.25) is 0 Å². The molecule has 5 nitrogen and oxygen atoms in total. The zero-order chi connectivity index (χ0) is 20.9. The molecule has 1 aromatic heterocycles. The molecule has 148 valence electrons. The Labute approximate surface area is 168 Å². The highest BCUT2D eigenvalue weighted by Gasteiger charge is 2.32. The summed E-state index contributed by atoms with van der Waals surface area (Å²) in [6, 6.07) is 6.86. The van der Waals surface area contributed by atoms with Crippen molar-refractivity contribution in [2.75, 3.05) is 0 Å². The molecule has 0 fully saturated rings. The number of aliphatic imine (C=N–C) groups is 1. The van der Waals surface area contributed by atoms with Crippen molar-refractivity contribution in [1.82, 2.24) is 9.47 Å². The van der Waals surface area contributed by atoms with E-state index >= 15 is 0 Å². The van der Waals surface area contributed by atoms with E-state index in [0.717, 1.165) is 12.1 Å². The molecule has 0 saturated heterocycles. The van der Waals surface area contributed by atoms with Gasteiger partial charge in [-0.1, -0.05) is 17.8 Å². The number of amides is 1. The number of hydrogen-bond donors (Lipinski definition) is 1. The van der Waals surface area contributed by atoms with Gasteiger partial charge in [-0.25, -0.2) is 0 Å². The molecule has 4 rings (SSSR count). The van der Waals surface area contributed by atoms with E-state index in [1.807, 2.05) is 0 Å². The monoisotopic (exact) mass is 416 g/mol. The molecule has 29 heavy (non-hydrogen) atoms. The van der Waals surface area contributed by atoms with Crippen molar-refractivity contribution in [3.05, 3.63) is 70.0 Å². The second-order valence-electron chi connectivity index (χ2n) is 6.59. The van der Waals surface area contributed by atoms with Crippen molar-refractivity contribution in [2.24, 2.45) is 4.99 Å². The first kappa shape index (κ1) is 19.3. The highest BCUT2D eigenvalue weighted by molar-refractivity contribution is 8.16. The first-order chi connectivity index (χ1) is 13.7. The Balaban J connectivity index is 1.78. The van der Waals surface area contributed by atoms with Gasteiger partial charge in [0, 0.05) is 23.3 Å². The maximum atomic E-state index is 13.1. The SMILES string of the molecule is Cc1cc(/C=C2/C(=N)N3C=CSC3=NC2=O)c(C)n1-c1cccc(C(F)(F)F)c1. The fraction of sp³-hybridized carbons (Fsp3) is 0.150. The molecule has 9 heteroatoms. The number of carbonyl (C=O) groups excluding carboxylic acids is 1. The molecule has 0 spiro atoms. The molecule has 0 unspecified atom stereocenters. The summed E-state index contributed by atoms with van der Waals surface area (Å²) in [4.78, 5) is 17.9. The molecule has 2 aromatic rings. The zero-order valence-corrected chi connectivity index (χ0v) is 16.2. The first-order valence-electron chi connectivity index (χ1n) is 8.59. The van der Waals surface area contributed by atoms with Crippen LogP contribution in [0.25, 0.3) is 11.8 Å². The molecule has 2 aliphatic rings. The molecule has 0 bridgehead atoms. The van der Waals surface area contributed by atoms with Crippen LogP contribution in [-0.4, -0.2) is 26.4 Å². The minimum Gasteiger partial charge on any atom is -0.318 e.